The fraction of sp³-hybridized carbons (Fsp3) is 0.391. The Bertz CT molecular complexity index is 808. The van der Waals surface area contributed by atoms with Gasteiger partial charge in [0.15, 0.2) is 0 Å². The predicted octanol–water partition coefficient (Wildman–Crippen LogP) is 3.85. The first-order valence-corrected chi connectivity index (χ1v) is 9.92. The maximum Gasteiger partial charge on any atom is 0.242 e. The van der Waals surface area contributed by atoms with Crippen molar-refractivity contribution in [1.29, 1.82) is 0 Å². The number of nitrogens with zero attached hydrogens (tertiary/aromatic N) is 1. The van der Waals surface area contributed by atoms with Gasteiger partial charge in [-0.2, -0.15) is 0 Å². The highest BCUT2D eigenvalue weighted by Gasteiger charge is 2.26. The van der Waals surface area contributed by atoms with Gasteiger partial charge < -0.3 is 15.0 Å². The Balaban J connectivity index is 1.98. The number of hydrogen-bond acceptors (Lipinski definition) is 3. The fourth-order valence-electron chi connectivity index (χ4n) is 2.91. The highest BCUT2D eigenvalue weighted by atomic mass is 19.1. The van der Waals surface area contributed by atoms with Crippen molar-refractivity contribution in [1.82, 2.24) is 10.2 Å². The third-order valence-corrected chi connectivity index (χ3v) is 4.64. The number of carbonyl (C=O) groups excluding carboxylic acids is 2. The first-order chi connectivity index (χ1) is 13.9. The molecule has 1 atom stereocenters. The lowest BCUT2D eigenvalue weighted by Crippen LogP contribution is -2.47. The average Bonchev–Trinajstić information content (AvgIpc) is 2.71. The van der Waals surface area contributed by atoms with Crippen LogP contribution in [0.25, 0.3) is 0 Å². The van der Waals surface area contributed by atoms with Crippen LogP contribution >= 0.6 is 0 Å². The molecule has 1 N–H and O–H groups in total. The van der Waals surface area contributed by atoms with E-state index in [1.807, 2.05) is 38.1 Å². The van der Waals surface area contributed by atoms with Gasteiger partial charge in [0.25, 0.3) is 0 Å². The summed E-state index contributed by atoms with van der Waals surface area (Å²) in [5.74, 6) is -0.106. The Labute approximate surface area is 171 Å². The van der Waals surface area contributed by atoms with Gasteiger partial charge in [0.1, 0.15) is 17.6 Å². The van der Waals surface area contributed by atoms with E-state index in [0.717, 1.165) is 11.3 Å². The third-order valence-electron chi connectivity index (χ3n) is 4.64. The number of halogens is 1. The largest absolute Gasteiger partial charge is 0.494 e. The fourth-order valence-corrected chi connectivity index (χ4v) is 2.91. The zero-order valence-corrected chi connectivity index (χ0v) is 17.3. The molecule has 6 heteroatoms. The highest BCUT2D eigenvalue weighted by Crippen LogP contribution is 2.16. The van der Waals surface area contributed by atoms with Crippen LogP contribution < -0.4 is 10.1 Å². The topological polar surface area (TPSA) is 58.6 Å². The Morgan fingerprint density at radius 2 is 1.83 bits per heavy atom. The number of nitrogens with one attached hydrogen (secondary N) is 1. The monoisotopic (exact) mass is 400 g/mol. The van der Waals surface area contributed by atoms with Crippen LogP contribution in [0, 0.1) is 12.7 Å². The molecule has 5 nitrogen and oxygen atoms in total. The van der Waals surface area contributed by atoms with Crippen molar-refractivity contribution in [3.05, 3.63) is 65.5 Å². The molecule has 2 aromatic rings. The van der Waals surface area contributed by atoms with Crippen LogP contribution in [-0.2, 0) is 16.1 Å². The second-order valence-corrected chi connectivity index (χ2v) is 6.95. The number of ether oxygens (including phenoxy) is 1. The quantitative estimate of drug-likeness (QED) is 0.617. The van der Waals surface area contributed by atoms with E-state index in [-0.39, 0.29) is 24.8 Å². The second kappa shape index (κ2) is 11.2. The van der Waals surface area contributed by atoms with E-state index in [1.54, 1.807) is 25.1 Å². The Hall–Kier alpha value is -2.89. The van der Waals surface area contributed by atoms with E-state index >= 15 is 0 Å². The minimum absolute atomic E-state index is 0.0443. The molecule has 0 heterocycles. The van der Waals surface area contributed by atoms with E-state index < -0.39 is 11.9 Å². The molecule has 2 amide bonds. The normalized spacial score (nSPS) is 11.6. The molecule has 0 saturated heterocycles. The van der Waals surface area contributed by atoms with Gasteiger partial charge >= 0.3 is 0 Å². The molecule has 0 bridgehead atoms. The Morgan fingerprint density at radius 1 is 1.14 bits per heavy atom. The molecule has 2 aromatic carbocycles. The zero-order valence-electron chi connectivity index (χ0n) is 17.3. The molecule has 0 radical (unpaired) electrons. The summed E-state index contributed by atoms with van der Waals surface area (Å²) < 4.78 is 19.8. The third kappa shape index (κ3) is 6.89. The molecular formula is C23H29FN2O3. The van der Waals surface area contributed by atoms with Crippen molar-refractivity contribution in [3.8, 4) is 5.75 Å². The van der Waals surface area contributed by atoms with E-state index in [4.69, 9.17) is 4.74 Å². The minimum Gasteiger partial charge on any atom is -0.494 e. The van der Waals surface area contributed by atoms with Crippen LogP contribution in [0.15, 0.2) is 48.5 Å². The van der Waals surface area contributed by atoms with Crippen LogP contribution in [0.4, 0.5) is 4.39 Å². The van der Waals surface area contributed by atoms with Gasteiger partial charge in [0.2, 0.25) is 11.8 Å². The van der Waals surface area contributed by atoms with Crippen LogP contribution in [0.3, 0.4) is 0 Å². The number of benzene rings is 2. The molecular weight excluding hydrogens is 371 g/mol. The molecule has 0 unspecified atom stereocenters. The lowest BCUT2D eigenvalue weighted by Gasteiger charge is -2.29. The molecule has 0 aromatic heterocycles. The van der Waals surface area contributed by atoms with E-state index in [0.29, 0.717) is 25.1 Å². The van der Waals surface area contributed by atoms with E-state index in [1.165, 1.54) is 11.0 Å². The standard InChI is InChI=1S/C23H29FN2O3/c1-4-25-23(28)18(3)26(16-19-8-5-6-9-21(19)24)22(27)10-7-15-29-20-13-11-17(2)12-14-20/h5-6,8-9,11-14,18H,4,7,10,15-16H2,1-3H3,(H,25,28)/t18-/m0/s1. The van der Waals surface area contributed by atoms with E-state index in [2.05, 4.69) is 5.32 Å². The van der Waals surface area contributed by atoms with Crippen LogP contribution in [0.1, 0.15) is 37.8 Å². The maximum absolute atomic E-state index is 14.1. The molecule has 0 fully saturated rings. The van der Waals surface area contributed by atoms with Crippen molar-refractivity contribution < 1.29 is 18.7 Å². The summed E-state index contributed by atoms with van der Waals surface area (Å²) in [6, 6.07) is 13.3. The molecule has 156 valence electrons. The summed E-state index contributed by atoms with van der Waals surface area (Å²) in [4.78, 5) is 26.5. The summed E-state index contributed by atoms with van der Waals surface area (Å²) in [7, 11) is 0. The summed E-state index contributed by atoms with van der Waals surface area (Å²) in [6.45, 7) is 6.38. The SMILES string of the molecule is CCNC(=O)[C@H](C)N(Cc1ccccc1F)C(=O)CCCOc1ccc(C)cc1. The number of carbonyl (C=O) groups is 2. The number of amides is 2. The minimum atomic E-state index is -0.694. The molecule has 0 saturated carbocycles. The number of hydrogen-bond donors (Lipinski definition) is 1. The van der Waals surface area contributed by atoms with Gasteiger partial charge in [-0.3, -0.25) is 9.59 Å². The van der Waals surface area contributed by atoms with Crippen molar-refractivity contribution >= 4 is 11.8 Å². The van der Waals surface area contributed by atoms with E-state index in [9.17, 15) is 14.0 Å². The number of likely N-dealkylation sites (N-methyl/N-ethyl adjacent to an activating group) is 1. The first kappa shape index (κ1) is 22.4. The van der Waals surface area contributed by atoms with Crippen molar-refractivity contribution in [2.45, 2.75) is 46.2 Å². The average molecular weight is 400 g/mol. The van der Waals surface area contributed by atoms with Gasteiger partial charge in [-0.25, -0.2) is 4.39 Å². The molecule has 0 spiro atoms. The summed E-state index contributed by atoms with van der Waals surface area (Å²) in [5.41, 5.74) is 1.53. The van der Waals surface area contributed by atoms with Crippen LogP contribution in [0.2, 0.25) is 0 Å². The summed E-state index contributed by atoms with van der Waals surface area (Å²) >= 11 is 0. The highest BCUT2D eigenvalue weighted by molar-refractivity contribution is 5.87. The lowest BCUT2D eigenvalue weighted by atomic mass is 10.1. The predicted molar refractivity (Wildman–Crippen MR) is 111 cm³/mol. The van der Waals surface area contributed by atoms with Gasteiger partial charge in [-0.05, 0) is 45.4 Å². The van der Waals surface area contributed by atoms with Gasteiger partial charge in [0.05, 0.1) is 6.61 Å². The van der Waals surface area contributed by atoms with Gasteiger partial charge in [-0.15, -0.1) is 0 Å². The smallest absolute Gasteiger partial charge is 0.242 e. The molecule has 0 aliphatic heterocycles. The molecule has 29 heavy (non-hydrogen) atoms. The summed E-state index contributed by atoms with van der Waals surface area (Å²) in [5, 5.41) is 2.72. The summed E-state index contributed by atoms with van der Waals surface area (Å²) in [6.07, 6.45) is 0.715. The number of aryl methyl sites for hydroxylation is 1. The molecule has 0 aliphatic rings. The first-order valence-electron chi connectivity index (χ1n) is 9.92. The number of rotatable bonds is 10. The van der Waals surface area contributed by atoms with Crippen molar-refractivity contribution in [3.63, 3.8) is 0 Å². The Morgan fingerprint density at radius 3 is 2.48 bits per heavy atom. The lowest BCUT2D eigenvalue weighted by molar-refractivity contribution is -0.140. The molecule has 2 rings (SSSR count). The van der Waals surface area contributed by atoms with Crippen LogP contribution in [0.5, 0.6) is 5.75 Å². The second-order valence-electron chi connectivity index (χ2n) is 6.95. The van der Waals surface area contributed by atoms with Gasteiger partial charge in [-0.1, -0.05) is 35.9 Å². The van der Waals surface area contributed by atoms with Gasteiger partial charge in [0, 0.05) is 25.1 Å². The Kier molecular flexibility index (Phi) is 8.65. The maximum atomic E-state index is 14.1. The molecule has 0 aliphatic carbocycles. The zero-order chi connectivity index (χ0) is 21.2. The van der Waals surface area contributed by atoms with Crippen molar-refractivity contribution in [2.24, 2.45) is 0 Å². The van der Waals surface area contributed by atoms with Crippen molar-refractivity contribution in [2.75, 3.05) is 13.2 Å². The van der Waals surface area contributed by atoms with Crippen LogP contribution in [-0.4, -0.2) is 35.9 Å².